The van der Waals surface area contributed by atoms with Crippen molar-refractivity contribution in [1.82, 2.24) is 0 Å². The molecule has 1 aromatic rings. The van der Waals surface area contributed by atoms with Gasteiger partial charge in [-0.05, 0) is 30.9 Å². The summed E-state index contributed by atoms with van der Waals surface area (Å²) in [6.45, 7) is 0. The van der Waals surface area contributed by atoms with Crippen LogP contribution in [0.4, 0.5) is 0 Å². The van der Waals surface area contributed by atoms with Gasteiger partial charge in [-0.3, -0.25) is 0 Å². The van der Waals surface area contributed by atoms with Crippen molar-refractivity contribution in [3.05, 3.63) is 17.0 Å². The summed E-state index contributed by atoms with van der Waals surface area (Å²) in [5.41, 5.74) is 5.93. The number of hydrogen-bond donors (Lipinski definition) is 2. The number of sulfonamides is 1. The zero-order chi connectivity index (χ0) is 10.3. The first-order valence-electron chi connectivity index (χ1n) is 4.36. The molecular formula is C8H12N2O2S2. The highest BCUT2D eigenvalue weighted by atomic mass is 32.2. The van der Waals surface area contributed by atoms with E-state index in [1.807, 2.05) is 0 Å². The Bertz CT molecular complexity index is 434. The van der Waals surface area contributed by atoms with Gasteiger partial charge in [0.1, 0.15) is 4.21 Å². The summed E-state index contributed by atoms with van der Waals surface area (Å²) in [5, 5.41) is 5.00. The van der Waals surface area contributed by atoms with Crippen molar-refractivity contribution in [2.45, 2.75) is 23.1 Å². The standard InChI is InChI=1S/C8H12N2O2S2/c9-8(5-1-2-5)6-3-4-7(13-6)14(10,11)12/h3-5,8H,1-2,9H2,(H2,10,11,12)/t8-/m0/s1. The summed E-state index contributed by atoms with van der Waals surface area (Å²) in [4.78, 5) is 0.913. The van der Waals surface area contributed by atoms with Gasteiger partial charge < -0.3 is 5.73 Å². The average Bonchev–Trinajstić information content (AvgIpc) is 2.79. The molecule has 1 aromatic heterocycles. The highest BCUT2D eigenvalue weighted by molar-refractivity contribution is 7.91. The van der Waals surface area contributed by atoms with Crippen molar-refractivity contribution >= 4 is 21.4 Å². The van der Waals surface area contributed by atoms with Crippen molar-refractivity contribution in [2.75, 3.05) is 0 Å². The van der Waals surface area contributed by atoms with E-state index in [9.17, 15) is 8.42 Å². The van der Waals surface area contributed by atoms with Crippen LogP contribution in [0.5, 0.6) is 0 Å². The van der Waals surface area contributed by atoms with E-state index < -0.39 is 10.0 Å². The van der Waals surface area contributed by atoms with Crippen LogP contribution in [0.15, 0.2) is 16.3 Å². The van der Waals surface area contributed by atoms with E-state index in [1.54, 1.807) is 6.07 Å². The van der Waals surface area contributed by atoms with Crippen molar-refractivity contribution in [3.8, 4) is 0 Å². The fourth-order valence-corrected chi connectivity index (χ4v) is 3.20. The minimum atomic E-state index is -3.56. The molecule has 0 bridgehead atoms. The lowest BCUT2D eigenvalue weighted by Gasteiger charge is -2.05. The third-order valence-electron chi connectivity index (χ3n) is 2.34. The van der Waals surface area contributed by atoms with Crippen LogP contribution in [0.2, 0.25) is 0 Å². The van der Waals surface area contributed by atoms with Crippen LogP contribution >= 0.6 is 11.3 Å². The van der Waals surface area contributed by atoms with Gasteiger partial charge in [0.05, 0.1) is 0 Å². The second-order valence-corrected chi connectivity index (χ2v) is 6.47. The van der Waals surface area contributed by atoms with E-state index in [-0.39, 0.29) is 10.3 Å². The monoisotopic (exact) mass is 232 g/mol. The first-order chi connectivity index (χ1) is 6.48. The lowest BCUT2D eigenvalue weighted by atomic mass is 10.2. The maximum atomic E-state index is 11.0. The second-order valence-electron chi connectivity index (χ2n) is 3.57. The summed E-state index contributed by atoms with van der Waals surface area (Å²) in [7, 11) is -3.56. The first-order valence-corrected chi connectivity index (χ1v) is 6.73. The van der Waals surface area contributed by atoms with Crippen molar-refractivity contribution in [1.29, 1.82) is 0 Å². The molecule has 0 unspecified atom stereocenters. The topological polar surface area (TPSA) is 86.2 Å². The number of rotatable bonds is 3. The number of primary sulfonamides is 1. The Hall–Kier alpha value is -0.430. The highest BCUT2D eigenvalue weighted by Gasteiger charge is 2.30. The third kappa shape index (κ3) is 1.98. The van der Waals surface area contributed by atoms with Crippen LogP contribution in [0.3, 0.4) is 0 Å². The molecule has 4 nitrogen and oxygen atoms in total. The van der Waals surface area contributed by atoms with Crippen molar-refractivity contribution in [3.63, 3.8) is 0 Å². The smallest absolute Gasteiger partial charge is 0.247 e. The predicted molar refractivity (Wildman–Crippen MR) is 55.3 cm³/mol. The fraction of sp³-hybridized carbons (Fsp3) is 0.500. The van der Waals surface area contributed by atoms with Crippen molar-refractivity contribution in [2.24, 2.45) is 16.8 Å². The Balaban J connectivity index is 2.25. The van der Waals surface area contributed by atoms with Gasteiger partial charge in [0.25, 0.3) is 0 Å². The van der Waals surface area contributed by atoms with Gasteiger partial charge in [0, 0.05) is 10.9 Å². The SMILES string of the molecule is N[C@H](c1ccc(S(N)(=O)=O)s1)C1CC1. The minimum Gasteiger partial charge on any atom is -0.323 e. The Labute approximate surface area is 87.0 Å². The molecule has 78 valence electrons. The molecule has 4 N–H and O–H groups in total. The van der Waals surface area contributed by atoms with Gasteiger partial charge in [-0.25, -0.2) is 13.6 Å². The quantitative estimate of drug-likeness (QED) is 0.808. The molecule has 1 atom stereocenters. The maximum Gasteiger partial charge on any atom is 0.247 e. The maximum absolute atomic E-state index is 11.0. The zero-order valence-electron chi connectivity index (χ0n) is 7.51. The second kappa shape index (κ2) is 3.30. The Morgan fingerprint density at radius 2 is 2.07 bits per heavy atom. The van der Waals surface area contributed by atoms with E-state index >= 15 is 0 Å². The minimum absolute atomic E-state index is 0.0181. The molecule has 1 aliphatic rings. The molecule has 14 heavy (non-hydrogen) atoms. The van der Waals surface area contributed by atoms with Gasteiger partial charge in [-0.15, -0.1) is 11.3 Å². The van der Waals surface area contributed by atoms with E-state index in [4.69, 9.17) is 10.9 Å². The van der Waals surface area contributed by atoms with Crippen LogP contribution in [-0.2, 0) is 10.0 Å². The molecule has 0 amide bonds. The summed E-state index contributed by atoms with van der Waals surface area (Å²) in [5.74, 6) is 0.530. The van der Waals surface area contributed by atoms with Gasteiger partial charge in [-0.2, -0.15) is 0 Å². The molecule has 1 heterocycles. The van der Waals surface area contributed by atoms with Gasteiger partial charge >= 0.3 is 0 Å². The van der Waals surface area contributed by atoms with Gasteiger partial charge in [0.15, 0.2) is 0 Å². The summed E-state index contributed by atoms with van der Waals surface area (Å²) < 4.78 is 22.2. The lowest BCUT2D eigenvalue weighted by molar-refractivity contribution is 0.600. The molecule has 0 aromatic carbocycles. The molecule has 0 aliphatic heterocycles. The lowest BCUT2D eigenvalue weighted by Crippen LogP contribution is -2.11. The number of nitrogens with two attached hydrogens (primary N) is 2. The molecule has 2 rings (SSSR count). The summed E-state index contributed by atoms with van der Waals surface area (Å²) >= 11 is 1.18. The molecule has 1 saturated carbocycles. The first kappa shape index (κ1) is 10.1. The fourth-order valence-electron chi connectivity index (χ4n) is 1.35. The van der Waals surface area contributed by atoms with Crippen LogP contribution in [0.25, 0.3) is 0 Å². The molecule has 1 aliphatic carbocycles. The average molecular weight is 232 g/mol. The normalized spacial score (nSPS) is 19.6. The Morgan fingerprint density at radius 3 is 2.50 bits per heavy atom. The predicted octanol–water partition coefficient (Wildman–Crippen LogP) is 0.805. The number of thiophene rings is 1. The van der Waals surface area contributed by atoms with E-state index in [1.165, 1.54) is 17.4 Å². The molecule has 1 fully saturated rings. The largest absolute Gasteiger partial charge is 0.323 e. The molecule has 0 saturated heterocycles. The summed E-state index contributed by atoms with van der Waals surface area (Å²) in [6, 6.07) is 3.26. The van der Waals surface area contributed by atoms with Gasteiger partial charge in [-0.1, -0.05) is 0 Å². The van der Waals surface area contributed by atoms with Gasteiger partial charge in [0.2, 0.25) is 10.0 Å². The van der Waals surface area contributed by atoms with E-state index in [0.29, 0.717) is 5.92 Å². The van der Waals surface area contributed by atoms with Crippen LogP contribution in [0.1, 0.15) is 23.8 Å². The third-order valence-corrected chi connectivity index (χ3v) is 4.97. The summed E-state index contributed by atoms with van der Waals surface area (Å²) in [6.07, 6.45) is 2.29. The molecule has 6 heteroatoms. The number of hydrogen-bond acceptors (Lipinski definition) is 4. The van der Waals surface area contributed by atoms with Crippen molar-refractivity contribution < 1.29 is 8.42 Å². The van der Waals surface area contributed by atoms with Crippen LogP contribution in [0, 0.1) is 5.92 Å². The molecule has 0 spiro atoms. The van der Waals surface area contributed by atoms with E-state index in [2.05, 4.69) is 0 Å². The van der Waals surface area contributed by atoms with Crippen LogP contribution in [-0.4, -0.2) is 8.42 Å². The molecule has 0 radical (unpaired) electrons. The van der Waals surface area contributed by atoms with Crippen LogP contribution < -0.4 is 10.9 Å². The Kier molecular flexibility index (Phi) is 2.38. The van der Waals surface area contributed by atoms with E-state index in [0.717, 1.165) is 17.7 Å². The molecular weight excluding hydrogens is 220 g/mol. The Morgan fingerprint density at radius 1 is 1.43 bits per heavy atom. The zero-order valence-corrected chi connectivity index (χ0v) is 9.14. The highest BCUT2D eigenvalue weighted by Crippen LogP contribution is 2.41.